The van der Waals surface area contributed by atoms with Gasteiger partial charge in [0.25, 0.3) is 0 Å². The molecule has 0 atom stereocenters. The highest BCUT2D eigenvalue weighted by molar-refractivity contribution is 6.28. The predicted octanol–water partition coefficient (Wildman–Crippen LogP) is 3.33. The fourth-order valence-corrected chi connectivity index (χ4v) is 2.21. The van der Waals surface area contributed by atoms with Crippen LogP contribution in [0.5, 0.6) is 0 Å². The summed E-state index contributed by atoms with van der Waals surface area (Å²) in [5.41, 5.74) is 1.67. The largest absolute Gasteiger partial charge is 0.378 e. The molecule has 0 radical (unpaired) electrons. The molecular weight excluding hydrogens is 302 g/mol. The fourth-order valence-electron chi connectivity index (χ4n) is 2.21. The molecule has 0 amide bonds. The maximum atomic E-state index is 12.4. The molecule has 2 rings (SSSR count). The second-order valence-corrected chi connectivity index (χ2v) is 5.61. The van der Waals surface area contributed by atoms with Gasteiger partial charge in [-0.2, -0.15) is 0 Å². The minimum absolute atomic E-state index is 0.108. The number of nitrogens with zero attached hydrogens (tertiary/aromatic N) is 1. The molecule has 4 nitrogen and oxygen atoms in total. The van der Waals surface area contributed by atoms with Gasteiger partial charge >= 0.3 is 0 Å². The van der Waals surface area contributed by atoms with Gasteiger partial charge in [0.05, 0.1) is 5.57 Å². The van der Waals surface area contributed by atoms with Crippen molar-refractivity contribution >= 4 is 23.0 Å². The highest BCUT2D eigenvalue weighted by Crippen LogP contribution is 2.15. The Morgan fingerprint density at radius 1 is 0.833 bits per heavy atom. The standard InChI is InChI=1S/C20H19NO3/c1-14(22)18(20(24)16-7-5-4-6-8-16)13-19(23)15-9-11-17(12-10-15)21(2)3/h4-13H,1-3H3. The van der Waals surface area contributed by atoms with Crippen LogP contribution in [0.3, 0.4) is 0 Å². The van der Waals surface area contributed by atoms with Crippen LogP contribution in [-0.4, -0.2) is 31.4 Å². The molecule has 0 aromatic heterocycles. The number of rotatable bonds is 6. The molecule has 0 aliphatic carbocycles. The lowest BCUT2D eigenvalue weighted by molar-refractivity contribution is -0.113. The molecule has 0 aliphatic rings. The maximum absolute atomic E-state index is 12.4. The van der Waals surface area contributed by atoms with Crippen LogP contribution < -0.4 is 4.90 Å². The number of carbonyl (C=O) groups is 3. The van der Waals surface area contributed by atoms with Crippen molar-refractivity contribution in [3.63, 3.8) is 0 Å². The van der Waals surface area contributed by atoms with E-state index in [2.05, 4.69) is 0 Å². The molecule has 122 valence electrons. The maximum Gasteiger partial charge on any atom is 0.196 e. The third-order valence-corrected chi connectivity index (χ3v) is 3.60. The molecule has 0 aliphatic heterocycles. The summed E-state index contributed by atoms with van der Waals surface area (Å²) in [7, 11) is 3.81. The van der Waals surface area contributed by atoms with Crippen molar-refractivity contribution in [3.8, 4) is 0 Å². The Hall–Kier alpha value is -3.01. The van der Waals surface area contributed by atoms with Crippen LogP contribution in [-0.2, 0) is 4.79 Å². The first-order valence-corrected chi connectivity index (χ1v) is 7.54. The SMILES string of the molecule is CC(=O)C(=CC(=O)c1ccc(N(C)C)cc1)C(=O)c1ccccc1. The molecule has 24 heavy (non-hydrogen) atoms. The van der Waals surface area contributed by atoms with Gasteiger partial charge in [0.15, 0.2) is 17.3 Å². The third kappa shape index (κ3) is 4.04. The van der Waals surface area contributed by atoms with Crippen LogP contribution in [0, 0.1) is 0 Å². The molecule has 0 heterocycles. The van der Waals surface area contributed by atoms with Crippen LogP contribution in [0.4, 0.5) is 5.69 Å². The molecule has 0 saturated carbocycles. The summed E-state index contributed by atoms with van der Waals surface area (Å²) >= 11 is 0. The fraction of sp³-hybridized carbons (Fsp3) is 0.150. The number of ketones is 3. The average molecular weight is 321 g/mol. The van der Waals surface area contributed by atoms with E-state index < -0.39 is 11.6 Å². The monoisotopic (exact) mass is 321 g/mol. The van der Waals surface area contributed by atoms with Gasteiger partial charge < -0.3 is 4.90 Å². The summed E-state index contributed by atoms with van der Waals surface area (Å²) in [5, 5.41) is 0. The summed E-state index contributed by atoms with van der Waals surface area (Å²) in [6, 6.07) is 15.4. The third-order valence-electron chi connectivity index (χ3n) is 3.60. The Balaban J connectivity index is 2.32. The number of carbonyl (C=O) groups excluding carboxylic acids is 3. The number of hydrogen-bond donors (Lipinski definition) is 0. The molecular formula is C20H19NO3. The summed E-state index contributed by atoms with van der Waals surface area (Å²) in [6.07, 6.45) is 1.13. The molecule has 0 N–H and O–H groups in total. The van der Waals surface area contributed by atoms with Gasteiger partial charge in [-0.15, -0.1) is 0 Å². The van der Waals surface area contributed by atoms with E-state index in [1.54, 1.807) is 42.5 Å². The zero-order valence-corrected chi connectivity index (χ0v) is 13.9. The number of Topliss-reactive ketones (excluding diaryl/α,β-unsaturated/α-hetero) is 2. The van der Waals surface area contributed by atoms with E-state index in [1.165, 1.54) is 6.92 Å². The lowest BCUT2D eigenvalue weighted by Crippen LogP contribution is -2.13. The summed E-state index contributed by atoms with van der Waals surface area (Å²) in [5.74, 6) is -1.24. The molecule has 0 fully saturated rings. The number of allylic oxidation sites excluding steroid dienone is 2. The molecule has 0 unspecified atom stereocenters. The number of anilines is 1. The van der Waals surface area contributed by atoms with Gasteiger partial charge in [0.2, 0.25) is 0 Å². The van der Waals surface area contributed by atoms with Crippen molar-refractivity contribution in [1.82, 2.24) is 0 Å². The zero-order valence-electron chi connectivity index (χ0n) is 13.9. The summed E-state index contributed by atoms with van der Waals surface area (Å²) in [4.78, 5) is 38.6. The Kier molecular flexibility index (Phi) is 5.42. The van der Waals surface area contributed by atoms with Crippen molar-refractivity contribution in [3.05, 3.63) is 77.4 Å². The predicted molar refractivity (Wildman–Crippen MR) is 94.6 cm³/mol. The van der Waals surface area contributed by atoms with Crippen molar-refractivity contribution in [2.45, 2.75) is 6.92 Å². The van der Waals surface area contributed by atoms with Crippen LogP contribution in [0.25, 0.3) is 0 Å². The van der Waals surface area contributed by atoms with E-state index in [4.69, 9.17) is 0 Å². The van der Waals surface area contributed by atoms with Crippen molar-refractivity contribution in [2.24, 2.45) is 0 Å². The van der Waals surface area contributed by atoms with E-state index in [0.29, 0.717) is 11.1 Å². The van der Waals surface area contributed by atoms with Crippen LogP contribution in [0.2, 0.25) is 0 Å². The Labute approximate surface area is 141 Å². The molecule has 4 heteroatoms. The van der Waals surface area contributed by atoms with Crippen molar-refractivity contribution < 1.29 is 14.4 Å². The van der Waals surface area contributed by atoms with Gasteiger partial charge in [0, 0.05) is 37.0 Å². The molecule has 0 spiro atoms. The minimum atomic E-state index is -0.443. The van der Waals surface area contributed by atoms with Gasteiger partial charge in [-0.05, 0) is 31.2 Å². The van der Waals surface area contributed by atoms with E-state index in [0.717, 1.165) is 11.8 Å². The Morgan fingerprint density at radius 2 is 1.42 bits per heavy atom. The lowest BCUT2D eigenvalue weighted by atomic mass is 9.98. The van der Waals surface area contributed by atoms with E-state index >= 15 is 0 Å². The highest BCUT2D eigenvalue weighted by Gasteiger charge is 2.18. The molecule has 0 bridgehead atoms. The summed E-state index contributed by atoms with van der Waals surface area (Å²) in [6.45, 7) is 1.29. The number of hydrogen-bond acceptors (Lipinski definition) is 4. The van der Waals surface area contributed by atoms with Crippen LogP contribution in [0.1, 0.15) is 27.6 Å². The Bertz CT molecular complexity index is 787. The lowest BCUT2D eigenvalue weighted by Gasteiger charge is -2.12. The normalized spacial score (nSPS) is 11.0. The van der Waals surface area contributed by atoms with Gasteiger partial charge in [-0.25, -0.2) is 0 Å². The second-order valence-electron chi connectivity index (χ2n) is 5.61. The highest BCUT2D eigenvalue weighted by atomic mass is 16.2. The van der Waals surface area contributed by atoms with Gasteiger partial charge in [-0.3, -0.25) is 14.4 Å². The van der Waals surface area contributed by atoms with E-state index in [1.807, 2.05) is 31.1 Å². The van der Waals surface area contributed by atoms with E-state index in [-0.39, 0.29) is 11.4 Å². The quantitative estimate of drug-likeness (QED) is 0.354. The molecule has 2 aromatic carbocycles. The first kappa shape index (κ1) is 17.3. The van der Waals surface area contributed by atoms with Crippen molar-refractivity contribution in [1.29, 1.82) is 0 Å². The minimum Gasteiger partial charge on any atom is -0.378 e. The van der Waals surface area contributed by atoms with Crippen LogP contribution in [0.15, 0.2) is 66.2 Å². The molecule has 2 aromatic rings. The van der Waals surface area contributed by atoms with Crippen molar-refractivity contribution in [2.75, 3.05) is 19.0 Å². The topological polar surface area (TPSA) is 54.5 Å². The average Bonchev–Trinajstić information content (AvgIpc) is 2.59. The first-order chi connectivity index (χ1) is 11.4. The second kappa shape index (κ2) is 7.51. The smallest absolute Gasteiger partial charge is 0.196 e. The first-order valence-electron chi connectivity index (χ1n) is 7.54. The molecule has 0 saturated heterocycles. The zero-order chi connectivity index (χ0) is 17.7. The van der Waals surface area contributed by atoms with Gasteiger partial charge in [-0.1, -0.05) is 30.3 Å². The van der Waals surface area contributed by atoms with Gasteiger partial charge in [0.1, 0.15) is 0 Å². The van der Waals surface area contributed by atoms with E-state index in [9.17, 15) is 14.4 Å². The Morgan fingerprint density at radius 3 is 1.92 bits per heavy atom. The number of benzene rings is 2. The summed E-state index contributed by atoms with van der Waals surface area (Å²) < 4.78 is 0. The van der Waals surface area contributed by atoms with Crippen LogP contribution >= 0.6 is 0 Å².